The maximum atomic E-state index is 15.9. The number of thioether (sulfide) groups is 1. The van der Waals surface area contributed by atoms with Crippen LogP contribution in [-0.2, 0) is 39.2 Å². The molecule has 0 saturated carbocycles. The Hall–Kier alpha value is -2.75. The third-order valence-corrected chi connectivity index (χ3v) is 11.0. The predicted octanol–water partition coefficient (Wildman–Crippen LogP) is 0.0257. The molecule has 0 aromatic carbocycles. The number of nitrogen functional groups attached to an aromatic ring is 2. The first-order chi connectivity index (χ1) is 21.0. The molecule has 3 saturated heterocycles. The van der Waals surface area contributed by atoms with Gasteiger partial charge in [0.25, 0.3) is 5.56 Å². The summed E-state index contributed by atoms with van der Waals surface area (Å²) in [6.45, 7) is -5.09. The van der Waals surface area contributed by atoms with Crippen molar-refractivity contribution in [2.24, 2.45) is 0 Å². The van der Waals surface area contributed by atoms with Gasteiger partial charge in [0.1, 0.15) is 36.0 Å². The van der Waals surface area contributed by atoms with E-state index in [1.807, 2.05) is 0 Å². The number of aromatic nitrogens is 8. The molecule has 3 fully saturated rings. The number of imidazole rings is 2. The topological polar surface area (TPSA) is 263 Å². The summed E-state index contributed by atoms with van der Waals surface area (Å²) < 4.78 is 59.6. The van der Waals surface area contributed by atoms with Gasteiger partial charge in [-0.25, -0.2) is 24.3 Å². The van der Waals surface area contributed by atoms with Gasteiger partial charge < -0.3 is 30.7 Å². The van der Waals surface area contributed by atoms with Crippen molar-refractivity contribution in [3.63, 3.8) is 0 Å². The van der Waals surface area contributed by atoms with Gasteiger partial charge in [-0.1, -0.05) is 0 Å². The number of anilines is 2. The normalized spacial score (nSPS) is 35.8. The number of alkyl halides is 1. The molecule has 3 aliphatic heterocycles. The minimum atomic E-state index is -4.18. The Morgan fingerprint density at radius 2 is 1.91 bits per heavy atom. The molecule has 0 radical (unpaired) electrons. The van der Waals surface area contributed by atoms with E-state index in [0.29, 0.717) is 0 Å². The molecule has 4 aromatic heterocycles. The summed E-state index contributed by atoms with van der Waals surface area (Å²) in [6.07, 6.45) is -4.98. The second kappa shape index (κ2) is 11.2. The molecule has 24 heteroatoms. The standard InChI is InChI=1S/C20H21FN10O9P2S2/c21-8-12-6(38-18(8)30-4-26-9-14(22)24-3-25-15(9)30)1-37-42(35,43)40-13-11(32)7(2-36-41(34)39-12)44-19(13)31-5-27-10-16(31)28-20(23)29-17(10)33/h3-8,11-13,18-19,32H,1-2H2,(H5-,22,23,24,25,28,29,33,35,43)/p+1/t6-,7-,8+,11-,12-,13-,18-,19-,42?/m1/s1. The highest BCUT2D eigenvalue weighted by Gasteiger charge is 2.55. The van der Waals surface area contributed by atoms with Crippen molar-refractivity contribution in [1.29, 1.82) is 0 Å². The number of nitrogens with zero attached hydrogens (tertiary/aromatic N) is 7. The maximum Gasteiger partial charge on any atom is 0.697 e. The van der Waals surface area contributed by atoms with Crippen LogP contribution in [0.15, 0.2) is 23.8 Å². The van der Waals surface area contributed by atoms with E-state index in [2.05, 4.69) is 29.9 Å². The van der Waals surface area contributed by atoms with E-state index in [1.165, 1.54) is 28.1 Å². The first kappa shape index (κ1) is 29.9. The number of hydrogen-bond acceptors (Lipinski definition) is 17. The van der Waals surface area contributed by atoms with E-state index in [-0.39, 0.29) is 40.7 Å². The zero-order chi connectivity index (χ0) is 30.9. The zero-order valence-corrected chi connectivity index (χ0v) is 25.3. The average molecular weight is 692 g/mol. The molecular formula is C20H22FN10O9P2S2+. The van der Waals surface area contributed by atoms with Gasteiger partial charge in [-0.2, -0.15) is 4.98 Å². The lowest BCUT2D eigenvalue weighted by molar-refractivity contribution is -0.0445. The number of aromatic amines is 1. The summed E-state index contributed by atoms with van der Waals surface area (Å²) in [7, 11) is -2.96. The number of nitrogens with one attached hydrogen (secondary N) is 1. The van der Waals surface area contributed by atoms with Gasteiger partial charge in [-0.15, -0.1) is 20.8 Å². The molecular weight excluding hydrogens is 669 g/mol. The third kappa shape index (κ3) is 5.18. The van der Waals surface area contributed by atoms with E-state index >= 15 is 4.39 Å². The molecule has 234 valence electrons. The van der Waals surface area contributed by atoms with Crippen LogP contribution in [0.2, 0.25) is 0 Å². The van der Waals surface area contributed by atoms with Gasteiger partial charge in [-0.3, -0.25) is 23.4 Å². The molecule has 2 unspecified atom stereocenters. The summed E-state index contributed by atoms with van der Waals surface area (Å²) in [5, 5.41) is 9.46. The number of rotatable bonds is 2. The summed E-state index contributed by atoms with van der Waals surface area (Å²) in [6, 6.07) is 0. The molecule has 0 aliphatic carbocycles. The van der Waals surface area contributed by atoms with E-state index in [4.69, 9.17) is 46.1 Å². The van der Waals surface area contributed by atoms with E-state index in [0.717, 1.165) is 11.8 Å². The highest BCUT2D eigenvalue weighted by molar-refractivity contribution is 8.07. The van der Waals surface area contributed by atoms with Gasteiger partial charge in [0.15, 0.2) is 41.1 Å². The van der Waals surface area contributed by atoms with Crippen molar-refractivity contribution in [3.05, 3.63) is 29.3 Å². The highest BCUT2D eigenvalue weighted by atomic mass is 32.5. The number of H-pyrrole nitrogens is 1. The second-order valence-corrected chi connectivity index (χ2v) is 14.9. The van der Waals surface area contributed by atoms with Gasteiger partial charge in [-0.05, 0) is 11.8 Å². The summed E-state index contributed by atoms with van der Waals surface area (Å²) in [4.78, 5) is 46.0. The lowest BCUT2D eigenvalue weighted by atomic mass is 10.1. The number of hydrogen-bond donors (Lipinski definition) is 5. The fraction of sp³-hybridized carbons (Fsp3) is 0.500. The van der Waals surface area contributed by atoms with E-state index < -0.39 is 74.6 Å². The largest absolute Gasteiger partial charge is 0.697 e. The molecule has 0 spiro atoms. The number of aliphatic hydroxyl groups is 1. The number of fused-ring (bicyclic) bond motifs is 5. The number of nitrogens with two attached hydrogens (primary N) is 2. The van der Waals surface area contributed by atoms with Crippen molar-refractivity contribution in [3.8, 4) is 0 Å². The lowest BCUT2D eigenvalue weighted by Gasteiger charge is -2.27. The number of aliphatic hydroxyl groups excluding tert-OH is 1. The Bertz CT molecular complexity index is 1880. The summed E-state index contributed by atoms with van der Waals surface area (Å²) in [5.74, 6) is -0.103. The van der Waals surface area contributed by atoms with Crippen LogP contribution in [0.3, 0.4) is 0 Å². The van der Waals surface area contributed by atoms with Crippen LogP contribution in [0.5, 0.6) is 0 Å². The predicted molar refractivity (Wildman–Crippen MR) is 153 cm³/mol. The highest BCUT2D eigenvalue weighted by Crippen LogP contribution is 2.55. The third-order valence-electron chi connectivity index (χ3n) is 7.17. The van der Waals surface area contributed by atoms with E-state index in [1.54, 1.807) is 0 Å². The van der Waals surface area contributed by atoms with Crippen LogP contribution in [0, 0.1) is 0 Å². The van der Waals surface area contributed by atoms with Crippen LogP contribution in [0.4, 0.5) is 16.2 Å². The molecule has 7 N–H and O–H groups in total. The van der Waals surface area contributed by atoms with Crippen molar-refractivity contribution >= 4 is 72.6 Å². The maximum absolute atomic E-state index is 15.9. The Kier molecular flexibility index (Phi) is 7.65. The van der Waals surface area contributed by atoms with Crippen molar-refractivity contribution in [2.45, 2.75) is 47.4 Å². The van der Waals surface area contributed by atoms with Crippen LogP contribution in [0.1, 0.15) is 11.6 Å². The molecule has 10 atom stereocenters. The molecule has 7 rings (SSSR count). The van der Waals surface area contributed by atoms with Gasteiger partial charge in [0.05, 0.1) is 30.6 Å². The number of halogens is 1. The monoisotopic (exact) mass is 691 g/mol. The SMILES string of the molecule is Nc1nc2c(ncn2[C@@H]2S[C@@H]3CO[P+](=O)O[C@H]4[C@H](F)[C@H](n5cnc6c(N)ncnc65)O[C@@H]4COP(O)(=S)O[C@@H]2[C@@H]3O)c(=O)[nH]1. The lowest BCUT2D eigenvalue weighted by Crippen LogP contribution is -2.35. The summed E-state index contributed by atoms with van der Waals surface area (Å²) >= 11 is 6.33. The van der Waals surface area contributed by atoms with Crippen LogP contribution < -0.4 is 17.0 Å². The molecule has 2 bridgehead atoms. The minimum absolute atomic E-state index is 0.0297. The van der Waals surface area contributed by atoms with Crippen LogP contribution in [0.25, 0.3) is 22.3 Å². The molecule has 44 heavy (non-hydrogen) atoms. The zero-order valence-electron chi connectivity index (χ0n) is 21.9. The second-order valence-electron chi connectivity index (χ2n) is 9.85. The molecule has 3 aliphatic rings. The Morgan fingerprint density at radius 3 is 2.73 bits per heavy atom. The Labute approximate surface area is 254 Å². The van der Waals surface area contributed by atoms with Crippen molar-refractivity contribution in [2.75, 3.05) is 24.7 Å². The molecule has 7 heterocycles. The van der Waals surface area contributed by atoms with Crippen LogP contribution >= 0.6 is 26.7 Å². The Morgan fingerprint density at radius 1 is 1.14 bits per heavy atom. The van der Waals surface area contributed by atoms with Crippen LogP contribution in [-0.4, -0.2) is 98.1 Å². The van der Waals surface area contributed by atoms with Crippen molar-refractivity contribution < 1.29 is 41.8 Å². The first-order valence-electron chi connectivity index (χ1n) is 12.7. The average Bonchev–Trinajstić information content (AvgIpc) is 3.72. The van der Waals surface area contributed by atoms with Crippen molar-refractivity contribution in [1.82, 2.24) is 39.0 Å². The minimum Gasteiger partial charge on any atom is -0.389 e. The van der Waals surface area contributed by atoms with Gasteiger partial charge in [0, 0.05) is 4.57 Å². The number of ether oxygens (including phenoxy) is 1. The van der Waals surface area contributed by atoms with Gasteiger partial charge >= 0.3 is 15.0 Å². The van der Waals surface area contributed by atoms with Gasteiger partial charge in [0.2, 0.25) is 5.95 Å². The fourth-order valence-electron chi connectivity index (χ4n) is 5.17. The fourth-order valence-corrected chi connectivity index (χ4v) is 9.05. The Balaban J connectivity index is 1.18. The first-order valence-corrected chi connectivity index (χ1v) is 17.3. The summed E-state index contributed by atoms with van der Waals surface area (Å²) in [5.41, 5.74) is 11.4. The molecule has 4 aromatic rings. The van der Waals surface area contributed by atoms with E-state index in [9.17, 15) is 19.4 Å². The quantitative estimate of drug-likeness (QED) is 0.174. The molecule has 0 amide bonds. The smallest absolute Gasteiger partial charge is 0.389 e. The molecule has 19 nitrogen and oxygen atoms in total.